The average molecular weight is 437 g/mol. The van der Waals surface area contributed by atoms with Gasteiger partial charge in [-0.15, -0.1) is 12.4 Å². The van der Waals surface area contributed by atoms with Crippen molar-refractivity contribution >= 4 is 41.3 Å². The molecule has 1 N–H and O–H groups in total. The van der Waals surface area contributed by atoms with E-state index in [9.17, 15) is 0 Å². The van der Waals surface area contributed by atoms with E-state index in [1.807, 2.05) is 17.8 Å². The van der Waals surface area contributed by atoms with E-state index in [0.29, 0.717) is 0 Å². The van der Waals surface area contributed by atoms with Gasteiger partial charge in [0.05, 0.1) is 6.61 Å². The van der Waals surface area contributed by atoms with Crippen LogP contribution in [0.2, 0.25) is 5.02 Å². The summed E-state index contributed by atoms with van der Waals surface area (Å²) in [7, 11) is 0. The van der Waals surface area contributed by atoms with E-state index in [-0.39, 0.29) is 19.0 Å². The molecule has 0 spiro atoms. The molecule has 0 aliphatic carbocycles. The van der Waals surface area contributed by atoms with Crippen LogP contribution in [0, 0.1) is 0 Å². The zero-order chi connectivity index (χ0) is 18.6. The summed E-state index contributed by atoms with van der Waals surface area (Å²) in [6, 6.07) is 14.8. The van der Waals surface area contributed by atoms with E-state index < -0.39 is 0 Å². The Bertz CT molecular complexity index is 835. The second-order valence-corrected chi connectivity index (χ2v) is 8.57. The summed E-state index contributed by atoms with van der Waals surface area (Å²) in [5.41, 5.74) is 3.87. The summed E-state index contributed by atoms with van der Waals surface area (Å²) in [4.78, 5) is 7.45. The molecule has 0 unspecified atom stereocenters. The zero-order valence-corrected chi connectivity index (χ0v) is 18.2. The summed E-state index contributed by atoms with van der Waals surface area (Å²) in [6.07, 6.45) is 3.41. The molecule has 2 heterocycles. The molecular formula is C22H26Cl2N2OS. The topological polar surface area (TPSA) is 26.7 Å². The molecule has 28 heavy (non-hydrogen) atoms. The number of piperazine rings is 1. The van der Waals surface area contributed by atoms with Gasteiger partial charge in [0.2, 0.25) is 0 Å². The lowest BCUT2D eigenvalue weighted by atomic mass is 9.96. The van der Waals surface area contributed by atoms with Crippen molar-refractivity contribution in [3.63, 3.8) is 0 Å². The maximum atomic E-state index is 9.08. The fraction of sp³-hybridized carbons (Fsp3) is 0.364. The molecule has 2 aromatic rings. The first kappa shape index (κ1) is 21.7. The molecular weight excluding hydrogens is 411 g/mol. The number of fused-ring (bicyclic) bond motifs is 2. The molecule has 0 aromatic heterocycles. The van der Waals surface area contributed by atoms with E-state index in [2.05, 4.69) is 52.3 Å². The third-order valence-corrected chi connectivity index (χ3v) is 6.69. The van der Waals surface area contributed by atoms with Gasteiger partial charge in [0.1, 0.15) is 0 Å². The Balaban J connectivity index is 0.00000225. The SMILES string of the molecule is Cl.OCCN1CCN(CCC=C2c3ccccc3Sc3ccc(Cl)cc32)CC1. The number of aliphatic hydroxyl groups is 1. The van der Waals surface area contributed by atoms with Crippen molar-refractivity contribution in [1.29, 1.82) is 0 Å². The maximum absolute atomic E-state index is 9.08. The number of nitrogens with zero attached hydrogens (tertiary/aromatic N) is 2. The van der Waals surface area contributed by atoms with Crippen LogP contribution in [0.25, 0.3) is 5.57 Å². The minimum Gasteiger partial charge on any atom is -0.395 e. The van der Waals surface area contributed by atoms with Crippen LogP contribution in [0.5, 0.6) is 0 Å². The lowest BCUT2D eigenvalue weighted by Gasteiger charge is -2.34. The fourth-order valence-corrected chi connectivity index (χ4v) is 5.09. The smallest absolute Gasteiger partial charge is 0.0558 e. The van der Waals surface area contributed by atoms with E-state index >= 15 is 0 Å². The van der Waals surface area contributed by atoms with Crippen LogP contribution >= 0.6 is 35.8 Å². The molecule has 2 aliphatic heterocycles. The minimum atomic E-state index is 0. The molecule has 4 rings (SSSR count). The summed E-state index contributed by atoms with van der Waals surface area (Å²) in [6.45, 7) is 6.39. The Kier molecular flexibility index (Phi) is 7.86. The Morgan fingerprint density at radius 2 is 1.61 bits per heavy atom. The van der Waals surface area contributed by atoms with Gasteiger partial charge in [-0.2, -0.15) is 0 Å². The van der Waals surface area contributed by atoms with Gasteiger partial charge in [-0.1, -0.05) is 47.6 Å². The van der Waals surface area contributed by atoms with Crippen molar-refractivity contribution in [2.75, 3.05) is 45.9 Å². The lowest BCUT2D eigenvalue weighted by Crippen LogP contribution is -2.47. The normalized spacial score (nSPS) is 18.4. The van der Waals surface area contributed by atoms with Gasteiger partial charge < -0.3 is 10.0 Å². The lowest BCUT2D eigenvalue weighted by molar-refractivity contribution is 0.114. The molecule has 1 saturated heterocycles. The molecule has 1 fully saturated rings. The van der Waals surface area contributed by atoms with Crippen molar-refractivity contribution in [3.8, 4) is 0 Å². The third-order valence-electron chi connectivity index (χ3n) is 5.30. The maximum Gasteiger partial charge on any atom is 0.0558 e. The second-order valence-electron chi connectivity index (χ2n) is 7.05. The molecule has 150 valence electrons. The molecule has 2 aromatic carbocycles. The molecule has 0 amide bonds. The van der Waals surface area contributed by atoms with Gasteiger partial charge in [-0.25, -0.2) is 0 Å². The van der Waals surface area contributed by atoms with Crippen molar-refractivity contribution < 1.29 is 5.11 Å². The quantitative estimate of drug-likeness (QED) is 0.628. The van der Waals surface area contributed by atoms with Crippen molar-refractivity contribution in [3.05, 3.63) is 64.7 Å². The summed E-state index contributed by atoms with van der Waals surface area (Å²) >= 11 is 8.12. The summed E-state index contributed by atoms with van der Waals surface area (Å²) in [5, 5.41) is 9.87. The molecule has 6 heteroatoms. The van der Waals surface area contributed by atoms with E-state index in [1.54, 1.807) is 0 Å². The number of hydrogen-bond acceptors (Lipinski definition) is 4. The van der Waals surface area contributed by atoms with E-state index in [4.69, 9.17) is 16.7 Å². The Labute approximate surface area is 182 Å². The van der Waals surface area contributed by atoms with Crippen LogP contribution in [0.3, 0.4) is 0 Å². The first-order valence-corrected chi connectivity index (χ1v) is 10.8. The summed E-state index contributed by atoms with van der Waals surface area (Å²) in [5.74, 6) is 0. The highest BCUT2D eigenvalue weighted by Crippen LogP contribution is 2.46. The van der Waals surface area contributed by atoms with Gasteiger partial charge in [-0.05, 0) is 47.4 Å². The molecule has 2 aliphatic rings. The van der Waals surface area contributed by atoms with E-state index in [0.717, 1.165) is 50.7 Å². The molecule has 3 nitrogen and oxygen atoms in total. The Morgan fingerprint density at radius 1 is 0.929 bits per heavy atom. The largest absolute Gasteiger partial charge is 0.395 e. The minimum absolute atomic E-state index is 0. The molecule has 0 saturated carbocycles. The van der Waals surface area contributed by atoms with E-state index in [1.165, 1.54) is 26.5 Å². The van der Waals surface area contributed by atoms with Gasteiger partial charge >= 0.3 is 0 Å². The Morgan fingerprint density at radius 3 is 2.36 bits per heavy atom. The van der Waals surface area contributed by atoms with Crippen LogP contribution in [-0.2, 0) is 0 Å². The number of β-amino-alcohol motifs (C(OH)–C–C–N with tert-alkyl or cyclic N) is 1. The van der Waals surface area contributed by atoms with Gasteiger partial charge in [-0.3, -0.25) is 4.90 Å². The molecule has 0 radical (unpaired) electrons. The zero-order valence-electron chi connectivity index (χ0n) is 15.8. The highest BCUT2D eigenvalue weighted by atomic mass is 35.5. The standard InChI is InChI=1S/C22H25ClN2OS.ClH/c23-17-7-8-22-20(16-17)18(19-4-1-2-6-21(19)27-22)5-3-9-24-10-12-25(13-11-24)14-15-26;/h1-2,4-8,16,26H,3,9-15H2;1H. The van der Waals surface area contributed by atoms with Crippen LogP contribution < -0.4 is 0 Å². The van der Waals surface area contributed by atoms with Gasteiger partial charge in [0, 0.05) is 54.1 Å². The number of benzene rings is 2. The number of aliphatic hydroxyl groups excluding tert-OH is 1. The van der Waals surface area contributed by atoms with Crippen molar-refractivity contribution in [2.24, 2.45) is 0 Å². The fourth-order valence-electron chi connectivity index (χ4n) is 3.83. The highest BCUT2D eigenvalue weighted by molar-refractivity contribution is 7.99. The number of hydrogen-bond donors (Lipinski definition) is 1. The van der Waals surface area contributed by atoms with Crippen LogP contribution in [-0.4, -0.2) is 60.8 Å². The average Bonchev–Trinajstić information content (AvgIpc) is 2.69. The van der Waals surface area contributed by atoms with Crippen molar-refractivity contribution in [1.82, 2.24) is 9.80 Å². The summed E-state index contributed by atoms with van der Waals surface area (Å²) < 4.78 is 0. The van der Waals surface area contributed by atoms with Crippen LogP contribution in [0.4, 0.5) is 0 Å². The van der Waals surface area contributed by atoms with Crippen LogP contribution in [0.1, 0.15) is 17.5 Å². The number of halogens is 2. The first-order valence-electron chi connectivity index (χ1n) is 9.57. The highest BCUT2D eigenvalue weighted by Gasteiger charge is 2.21. The van der Waals surface area contributed by atoms with Gasteiger partial charge in [0.15, 0.2) is 0 Å². The Hall–Kier alpha value is -1.01. The monoisotopic (exact) mass is 436 g/mol. The molecule has 0 bridgehead atoms. The first-order chi connectivity index (χ1) is 13.2. The third kappa shape index (κ3) is 4.93. The van der Waals surface area contributed by atoms with Crippen molar-refractivity contribution in [2.45, 2.75) is 16.2 Å². The van der Waals surface area contributed by atoms with Gasteiger partial charge in [0.25, 0.3) is 0 Å². The number of rotatable bonds is 5. The van der Waals surface area contributed by atoms with Crippen LogP contribution in [0.15, 0.2) is 58.3 Å². The second kappa shape index (κ2) is 10.1. The predicted molar refractivity (Wildman–Crippen MR) is 121 cm³/mol. The predicted octanol–water partition coefficient (Wildman–Crippen LogP) is 4.66. The molecule has 0 atom stereocenters.